The second-order valence-electron chi connectivity index (χ2n) is 6.28. The van der Waals surface area contributed by atoms with E-state index < -0.39 is 0 Å². The van der Waals surface area contributed by atoms with Gasteiger partial charge in [0.1, 0.15) is 13.3 Å². The van der Waals surface area contributed by atoms with Gasteiger partial charge in [0.25, 0.3) is 0 Å². The molecule has 2 aliphatic heterocycles. The summed E-state index contributed by atoms with van der Waals surface area (Å²) in [6.45, 7) is 1.38. The Morgan fingerprint density at radius 1 is 0.731 bits per heavy atom. The largest absolute Gasteiger partial charge is 0.336 e. The predicted octanol–water partition coefficient (Wildman–Crippen LogP) is 3.96. The Labute approximate surface area is 169 Å². The number of anilines is 2. The molecule has 0 fully saturated rings. The zero-order valence-corrected chi connectivity index (χ0v) is 17.6. The lowest BCUT2D eigenvalue weighted by atomic mass is 10.3. The zero-order valence-electron chi connectivity index (χ0n) is 14.5. The number of nitrogens with zero attached hydrogens (tertiary/aromatic N) is 6. The lowest BCUT2D eigenvalue weighted by Crippen LogP contribution is -2.38. The molecule has 0 spiro atoms. The Morgan fingerprint density at radius 3 is 1.54 bits per heavy atom. The second kappa shape index (κ2) is 6.92. The van der Waals surface area contributed by atoms with Crippen molar-refractivity contribution < 1.29 is 0 Å². The van der Waals surface area contributed by atoms with Crippen LogP contribution in [0.5, 0.6) is 0 Å². The normalized spacial score (nSPS) is 17.1. The molecule has 2 aromatic rings. The molecule has 2 aromatic carbocycles. The fourth-order valence-electron chi connectivity index (χ4n) is 2.96. The highest BCUT2D eigenvalue weighted by molar-refractivity contribution is 9.10. The summed E-state index contributed by atoms with van der Waals surface area (Å²) in [5.74, 6) is 1.73. The predicted molar refractivity (Wildman–Crippen MR) is 113 cm³/mol. The summed E-state index contributed by atoms with van der Waals surface area (Å²) in [6, 6.07) is 16.3. The van der Waals surface area contributed by atoms with Gasteiger partial charge in [-0.3, -0.25) is 0 Å². The molecule has 0 aliphatic carbocycles. The smallest absolute Gasteiger partial charge is 0.195 e. The number of hydrazone groups is 2. The van der Waals surface area contributed by atoms with Crippen molar-refractivity contribution in [1.29, 1.82) is 0 Å². The molecule has 0 aromatic heterocycles. The first kappa shape index (κ1) is 17.4. The Bertz CT molecular complexity index is 823. The van der Waals surface area contributed by atoms with E-state index in [1.165, 1.54) is 0 Å². The van der Waals surface area contributed by atoms with E-state index in [9.17, 15) is 0 Å². The highest BCUT2D eigenvalue weighted by atomic mass is 79.9. The molecule has 2 aliphatic rings. The molecule has 0 saturated heterocycles. The van der Waals surface area contributed by atoms with Crippen LogP contribution in [0.3, 0.4) is 0 Å². The van der Waals surface area contributed by atoms with Gasteiger partial charge in [-0.25, -0.2) is 10.0 Å². The lowest BCUT2D eigenvalue weighted by Gasteiger charge is -2.18. The van der Waals surface area contributed by atoms with Crippen LogP contribution in [-0.2, 0) is 0 Å². The van der Waals surface area contributed by atoms with Gasteiger partial charge in [-0.1, -0.05) is 44.0 Å². The van der Waals surface area contributed by atoms with Crippen LogP contribution in [-0.4, -0.2) is 48.9 Å². The molecule has 2 heterocycles. The van der Waals surface area contributed by atoms with E-state index in [4.69, 9.17) is 10.2 Å². The minimum absolute atomic E-state index is 0.690. The zero-order chi connectivity index (χ0) is 18.3. The minimum atomic E-state index is 0.690. The molecule has 134 valence electrons. The van der Waals surface area contributed by atoms with Crippen molar-refractivity contribution in [3.8, 4) is 0 Å². The molecule has 26 heavy (non-hydrogen) atoms. The molecule has 0 amide bonds. The number of amidine groups is 2. The molecule has 6 nitrogen and oxygen atoms in total. The highest BCUT2D eigenvalue weighted by Crippen LogP contribution is 2.26. The maximum Gasteiger partial charge on any atom is 0.195 e. The van der Waals surface area contributed by atoms with Crippen molar-refractivity contribution in [3.63, 3.8) is 0 Å². The SMILES string of the molecule is CN1CN(c2cccc(Br)c2)N=C1C1=NN(c2cccc(Br)c2)CN1C. The first-order chi connectivity index (χ1) is 12.5. The number of halogens is 2. The molecule has 0 N–H and O–H groups in total. The van der Waals surface area contributed by atoms with Crippen LogP contribution in [0, 0.1) is 0 Å². The molecule has 0 unspecified atom stereocenters. The number of benzene rings is 2. The van der Waals surface area contributed by atoms with Crippen LogP contribution < -0.4 is 10.0 Å². The Balaban J connectivity index is 1.63. The summed E-state index contributed by atoms with van der Waals surface area (Å²) in [5.41, 5.74) is 2.10. The van der Waals surface area contributed by atoms with E-state index in [0.29, 0.717) is 13.3 Å². The van der Waals surface area contributed by atoms with Gasteiger partial charge in [-0.15, -0.1) is 10.2 Å². The van der Waals surface area contributed by atoms with E-state index in [0.717, 1.165) is 32.0 Å². The van der Waals surface area contributed by atoms with Crippen molar-refractivity contribution in [1.82, 2.24) is 9.80 Å². The van der Waals surface area contributed by atoms with Crippen molar-refractivity contribution >= 4 is 54.9 Å². The van der Waals surface area contributed by atoms with Crippen LogP contribution in [0.15, 0.2) is 67.7 Å². The summed E-state index contributed by atoms with van der Waals surface area (Å²) < 4.78 is 2.08. The van der Waals surface area contributed by atoms with Gasteiger partial charge < -0.3 is 9.80 Å². The summed E-state index contributed by atoms with van der Waals surface area (Å²) in [6.07, 6.45) is 0. The molecule has 0 bridgehead atoms. The first-order valence-corrected chi connectivity index (χ1v) is 9.76. The van der Waals surface area contributed by atoms with Crippen molar-refractivity contribution in [2.45, 2.75) is 0 Å². The maximum absolute atomic E-state index is 4.81. The summed E-state index contributed by atoms with van der Waals surface area (Å²) in [4.78, 5) is 4.22. The maximum atomic E-state index is 4.81. The molecule has 0 atom stereocenters. The van der Waals surface area contributed by atoms with Crippen LogP contribution in [0.2, 0.25) is 0 Å². The average molecular weight is 478 g/mol. The lowest BCUT2D eigenvalue weighted by molar-refractivity contribution is 0.519. The fraction of sp³-hybridized carbons (Fsp3) is 0.222. The van der Waals surface area contributed by atoms with Gasteiger partial charge in [-0.05, 0) is 36.4 Å². The summed E-state index contributed by atoms with van der Waals surface area (Å²) in [7, 11) is 4.07. The van der Waals surface area contributed by atoms with E-state index in [-0.39, 0.29) is 0 Å². The topological polar surface area (TPSA) is 37.7 Å². The molecule has 8 heteroatoms. The number of likely N-dealkylation sites (N-methyl/N-ethyl adjacent to an activating group) is 2. The average Bonchev–Trinajstić information content (AvgIpc) is 3.18. The van der Waals surface area contributed by atoms with Crippen LogP contribution in [0.25, 0.3) is 0 Å². The van der Waals surface area contributed by atoms with Gasteiger partial charge in [0.15, 0.2) is 11.7 Å². The summed E-state index contributed by atoms with van der Waals surface area (Å²) >= 11 is 7.05. The van der Waals surface area contributed by atoms with Crippen molar-refractivity contribution in [2.75, 3.05) is 37.5 Å². The number of hydrogen-bond donors (Lipinski definition) is 0. The number of rotatable bonds is 3. The van der Waals surface area contributed by atoms with Crippen molar-refractivity contribution in [2.24, 2.45) is 10.2 Å². The van der Waals surface area contributed by atoms with Gasteiger partial charge in [-0.2, -0.15) is 0 Å². The third kappa shape index (κ3) is 3.31. The molecule has 0 saturated carbocycles. The summed E-state index contributed by atoms with van der Waals surface area (Å²) in [5, 5.41) is 13.6. The van der Waals surface area contributed by atoms with Crippen LogP contribution >= 0.6 is 31.9 Å². The molecular formula is C18H18Br2N6. The van der Waals surface area contributed by atoms with E-state index in [1.54, 1.807) is 0 Å². The number of hydrogen-bond acceptors (Lipinski definition) is 6. The third-order valence-corrected chi connectivity index (χ3v) is 5.25. The minimum Gasteiger partial charge on any atom is -0.336 e. The monoisotopic (exact) mass is 476 g/mol. The van der Waals surface area contributed by atoms with Gasteiger partial charge in [0.05, 0.1) is 11.4 Å². The quantitative estimate of drug-likeness (QED) is 0.670. The second-order valence-corrected chi connectivity index (χ2v) is 8.12. The Morgan fingerprint density at radius 2 is 1.15 bits per heavy atom. The highest BCUT2D eigenvalue weighted by Gasteiger charge is 2.32. The molecular weight excluding hydrogens is 460 g/mol. The molecule has 0 radical (unpaired) electrons. The third-order valence-electron chi connectivity index (χ3n) is 4.26. The van der Waals surface area contributed by atoms with Crippen LogP contribution in [0.4, 0.5) is 11.4 Å². The first-order valence-electron chi connectivity index (χ1n) is 8.17. The Kier molecular flexibility index (Phi) is 4.62. The molecule has 4 rings (SSSR count). The van der Waals surface area contributed by atoms with Crippen LogP contribution in [0.1, 0.15) is 0 Å². The van der Waals surface area contributed by atoms with Gasteiger partial charge in [0, 0.05) is 23.0 Å². The standard InChI is InChI=1S/C18H18Br2N6/c1-23-11-25(15-7-3-5-13(19)9-15)21-17(23)18-22-26(12-24(18)2)16-8-4-6-14(20)10-16/h3-10H,11-12H2,1-2H3. The van der Waals surface area contributed by atoms with E-state index >= 15 is 0 Å². The van der Waals surface area contributed by atoms with E-state index in [2.05, 4.69) is 65.9 Å². The Hall–Kier alpha value is -2.06. The van der Waals surface area contributed by atoms with E-state index in [1.807, 2.05) is 48.4 Å². The van der Waals surface area contributed by atoms with Gasteiger partial charge in [0.2, 0.25) is 0 Å². The van der Waals surface area contributed by atoms with Gasteiger partial charge >= 0.3 is 0 Å². The van der Waals surface area contributed by atoms with Crippen molar-refractivity contribution in [3.05, 3.63) is 57.5 Å². The fourth-order valence-corrected chi connectivity index (χ4v) is 3.74.